The van der Waals surface area contributed by atoms with Gasteiger partial charge < -0.3 is 24.1 Å². The fourth-order valence-corrected chi connectivity index (χ4v) is 4.14. The topological polar surface area (TPSA) is 99.1 Å². The predicted octanol–water partition coefficient (Wildman–Crippen LogP) is 2.93. The Kier molecular flexibility index (Phi) is 7.28. The summed E-state index contributed by atoms with van der Waals surface area (Å²) >= 11 is 0. The number of amides is 3. The number of carbonyl (C=O) groups is 3. The predicted molar refractivity (Wildman–Crippen MR) is 128 cm³/mol. The summed E-state index contributed by atoms with van der Waals surface area (Å²) in [6.45, 7) is 11.1. The first-order valence-corrected chi connectivity index (χ1v) is 10.8. The molecule has 1 atom stereocenters. The van der Waals surface area contributed by atoms with Crippen LogP contribution in [0, 0.1) is 0 Å². The second kappa shape index (κ2) is 9.82. The number of ether oxygens (including phenoxy) is 3. The van der Waals surface area contributed by atoms with Gasteiger partial charge in [0.15, 0.2) is 6.79 Å². The highest BCUT2D eigenvalue weighted by atomic mass is 16.7. The maximum absolute atomic E-state index is 13.1. The average molecular weight is 470 g/mol. The lowest BCUT2D eigenvalue weighted by molar-refractivity contribution is -0.151. The first-order chi connectivity index (χ1) is 16.1. The Morgan fingerprint density at radius 1 is 1.24 bits per heavy atom. The van der Waals surface area contributed by atoms with Crippen LogP contribution in [0.1, 0.15) is 39.0 Å². The van der Waals surface area contributed by atoms with Gasteiger partial charge in [-0.2, -0.15) is 0 Å². The quantitative estimate of drug-likeness (QED) is 0.363. The molecule has 0 saturated carbocycles. The van der Waals surface area contributed by atoms with Crippen molar-refractivity contribution >= 4 is 34.7 Å². The van der Waals surface area contributed by atoms with E-state index in [1.54, 1.807) is 26.4 Å². The van der Waals surface area contributed by atoms with E-state index in [-0.39, 0.29) is 19.2 Å². The van der Waals surface area contributed by atoms with Crippen LogP contribution in [0.15, 0.2) is 36.6 Å². The second-order valence-electron chi connectivity index (χ2n) is 8.68. The van der Waals surface area contributed by atoms with Gasteiger partial charge in [-0.25, -0.2) is 0 Å². The van der Waals surface area contributed by atoms with E-state index in [2.05, 4.69) is 11.9 Å². The van der Waals surface area contributed by atoms with Crippen molar-refractivity contribution in [3.8, 4) is 5.75 Å². The maximum atomic E-state index is 13.1. The van der Waals surface area contributed by atoms with Gasteiger partial charge in [0, 0.05) is 49.3 Å². The monoisotopic (exact) mass is 469 g/mol. The first-order valence-electron chi connectivity index (χ1n) is 10.8. The zero-order chi connectivity index (χ0) is 25.2. The van der Waals surface area contributed by atoms with E-state index in [1.807, 2.05) is 36.6 Å². The number of allylic oxidation sites excluding steroid dienone is 1. The number of carbonyl (C=O) groups excluding carboxylic acids is 3. The van der Waals surface area contributed by atoms with Crippen molar-refractivity contribution in [2.24, 2.45) is 0 Å². The minimum absolute atomic E-state index is 0.0237. The SMILES string of the molecule is C=CC(C)(C)c1c(/C=C2\NC(=O)[C@H](C)N(C(C)=O)C2=O)c2ccc(OCOC)cc2n1COC. The van der Waals surface area contributed by atoms with Crippen LogP contribution in [-0.2, 0) is 36.0 Å². The summed E-state index contributed by atoms with van der Waals surface area (Å²) in [6.07, 6.45) is 3.43. The summed E-state index contributed by atoms with van der Waals surface area (Å²) in [5.74, 6) is -0.882. The standard InChI is InChI=1S/C25H31N3O6/c1-8-25(4,5)22-19(12-20-24(31)28(16(3)29)15(2)23(30)26-20)18-10-9-17(34-14-33-7)11-21(18)27(22)13-32-6/h8-12,15H,1,13-14H2,2-7H3,(H,26,30)/b20-12-/t15-/m0/s1. The van der Waals surface area contributed by atoms with Crippen molar-refractivity contribution in [2.75, 3.05) is 21.0 Å². The van der Waals surface area contributed by atoms with E-state index >= 15 is 0 Å². The largest absolute Gasteiger partial charge is 0.467 e. The van der Waals surface area contributed by atoms with Crippen LogP contribution >= 0.6 is 0 Å². The number of aromatic nitrogens is 1. The first kappa shape index (κ1) is 25.2. The van der Waals surface area contributed by atoms with Crippen molar-refractivity contribution in [1.82, 2.24) is 14.8 Å². The Labute approximate surface area is 198 Å². The Morgan fingerprint density at radius 2 is 1.94 bits per heavy atom. The van der Waals surface area contributed by atoms with E-state index < -0.39 is 29.2 Å². The summed E-state index contributed by atoms with van der Waals surface area (Å²) in [5, 5.41) is 3.48. The molecule has 2 heterocycles. The number of nitrogens with one attached hydrogen (secondary N) is 1. The Hall–Kier alpha value is -3.43. The third-order valence-electron chi connectivity index (χ3n) is 5.90. The average Bonchev–Trinajstić information content (AvgIpc) is 3.09. The summed E-state index contributed by atoms with van der Waals surface area (Å²) in [6, 6.07) is 4.66. The normalized spacial score (nSPS) is 17.9. The van der Waals surface area contributed by atoms with Gasteiger partial charge in [0.1, 0.15) is 24.2 Å². The van der Waals surface area contributed by atoms with Crippen LogP contribution in [-0.4, -0.2) is 54.2 Å². The lowest BCUT2D eigenvalue weighted by Gasteiger charge is -2.31. The van der Waals surface area contributed by atoms with Crippen molar-refractivity contribution in [1.29, 1.82) is 0 Å². The number of hydrogen-bond donors (Lipinski definition) is 1. The van der Waals surface area contributed by atoms with Gasteiger partial charge in [-0.3, -0.25) is 19.3 Å². The molecule has 34 heavy (non-hydrogen) atoms. The molecule has 3 rings (SSSR count). The number of hydrogen-bond acceptors (Lipinski definition) is 6. The van der Waals surface area contributed by atoms with Gasteiger partial charge in [0.2, 0.25) is 11.8 Å². The van der Waals surface area contributed by atoms with Gasteiger partial charge in [-0.1, -0.05) is 19.9 Å². The summed E-state index contributed by atoms with van der Waals surface area (Å²) in [4.78, 5) is 38.7. The molecule has 9 nitrogen and oxygen atoms in total. The third-order valence-corrected chi connectivity index (χ3v) is 5.90. The number of fused-ring (bicyclic) bond motifs is 1. The van der Waals surface area contributed by atoms with Crippen molar-refractivity contribution in [3.05, 3.63) is 47.8 Å². The fraction of sp³-hybridized carbons (Fsp3) is 0.400. The summed E-state index contributed by atoms with van der Waals surface area (Å²) in [5.41, 5.74) is 1.82. The number of methoxy groups -OCH3 is 2. The smallest absolute Gasteiger partial charge is 0.277 e. The molecule has 3 amide bonds. The van der Waals surface area contributed by atoms with Gasteiger partial charge in [-0.05, 0) is 25.1 Å². The van der Waals surface area contributed by atoms with Crippen LogP contribution in [0.2, 0.25) is 0 Å². The zero-order valence-corrected chi connectivity index (χ0v) is 20.4. The van der Waals surface area contributed by atoms with Gasteiger partial charge in [0.05, 0.1) is 5.52 Å². The molecule has 0 radical (unpaired) electrons. The van der Waals surface area contributed by atoms with E-state index in [4.69, 9.17) is 14.2 Å². The van der Waals surface area contributed by atoms with Gasteiger partial charge >= 0.3 is 0 Å². The van der Waals surface area contributed by atoms with Crippen LogP contribution in [0.5, 0.6) is 5.75 Å². The molecular weight excluding hydrogens is 438 g/mol. The Balaban J connectivity index is 2.31. The van der Waals surface area contributed by atoms with E-state index in [9.17, 15) is 14.4 Å². The molecule has 0 unspecified atom stereocenters. The van der Waals surface area contributed by atoms with Crippen LogP contribution < -0.4 is 10.1 Å². The maximum Gasteiger partial charge on any atom is 0.277 e. The molecule has 1 N–H and O–H groups in total. The van der Waals surface area contributed by atoms with Crippen LogP contribution in [0.25, 0.3) is 17.0 Å². The minimum Gasteiger partial charge on any atom is -0.467 e. The van der Waals surface area contributed by atoms with Crippen molar-refractivity contribution in [3.63, 3.8) is 0 Å². The molecule has 1 aromatic heterocycles. The molecule has 182 valence electrons. The summed E-state index contributed by atoms with van der Waals surface area (Å²) < 4.78 is 18.1. The molecule has 1 aliphatic rings. The highest BCUT2D eigenvalue weighted by molar-refractivity contribution is 6.14. The molecule has 0 spiro atoms. The molecule has 1 aliphatic heterocycles. The summed E-state index contributed by atoms with van der Waals surface area (Å²) in [7, 11) is 3.14. The number of nitrogens with zero attached hydrogens (tertiary/aromatic N) is 2. The van der Waals surface area contributed by atoms with Crippen LogP contribution in [0.4, 0.5) is 0 Å². The fourth-order valence-electron chi connectivity index (χ4n) is 4.14. The van der Waals surface area contributed by atoms with Crippen molar-refractivity contribution < 1.29 is 28.6 Å². The minimum atomic E-state index is -0.887. The highest BCUT2D eigenvalue weighted by Gasteiger charge is 2.38. The van der Waals surface area contributed by atoms with Gasteiger partial charge in [-0.15, -0.1) is 6.58 Å². The highest BCUT2D eigenvalue weighted by Crippen LogP contribution is 2.38. The number of rotatable bonds is 8. The number of benzene rings is 1. The molecule has 1 aromatic carbocycles. The third kappa shape index (κ3) is 4.49. The molecule has 0 aliphatic carbocycles. The van der Waals surface area contributed by atoms with E-state index in [0.717, 1.165) is 21.5 Å². The lowest BCUT2D eigenvalue weighted by Crippen LogP contribution is -2.57. The number of piperazine rings is 1. The molecular formula is C25H31N3O6. The van der Waals surface area contributed by atoms with E-state index in [1.165, 1.54) is 13.8 Å². The Morgan fingerprint density at radius 3 is 2.53 bits per heavy atom. The molecule has 1 fully saturated rings. The number of imide groups is 1. The van der Waals surface area contributed by atoms with E-state index in [0.29, 0.717) is 11.3 Å². The molecule has 1 saturated heterocycles. The lowest BCUT2D eigenvalue weighted by atomic mass is 9.86. The molecule has 0 bridgehead atoms. The zero-order valence-electron chi connectivity index (χ0n) is 20.4. The van der Waals surface area contributed by atoms with Crippen LogP contribution in [0.3, 0.4) is 0 Å². The van der Waals surface area contributed by atoms with Gasteiger partial charge in [0.25, 0.3) is 5.91 Å². The Bertz CT molecular complexity index is 1180. The molecule has 9 heteroatoms. The second-order valence-corrected chi connectivity index (χ2v) is 8.68. The molecule has 2 aromatic rings. The van der Waals surface area contributed by atoms with Crippen molar-refractivity contribution in [2.45, 2.75) is 45.9 Å².